The van der Waals surface area contributed by atoms with E-state index in [9.17, 15) is 4.79 Å². The van der Waals surface area contributed by atoms with Gasteiger partial charge in [0.05, 0.1) is 19.7 Å². The second kappa shape index (κ2) is 8.27. The number of carbonyl (C=O) groups excluding carboxylic acids is 1. The summed E-state index contributed by atoms with van der Waals surface area (Å²) in [5, 5.41) is 2.64. The molecule has 0 fully saturated rings. The van der Waals surface area contributed by atoms with Gasteiger partial charge in [0.25, 0.3) is 0 Å². The Balaban J connectivity index is 3.98. The van der Waals surface area contributed by atoms with Gasteiger partial charge in [-0.1, -0.05) is 12.8 Å². The zero-order chi connectivity index (χ0) is 11.7. The minimum absolute atomic E-state index is 0.0437. The van der Waals surface area contributed by atoms with E-state index in [0.717, 1.165) is 6.54 Å². The van der Waals surface area contributed by atoms with Crippen LogP contribution in [-0.2, 0) is 9.53 Å². The third kappa shape index (κ3) is 6.10. The molecule has 0 spiro atoms. The van der Waals surface area contributed by atoms with Crippen molar-refractivity contribution in [2.24, 2.45) is 0 Å². The minimum atomic E-state index is -0.0437. The van der Waals surface area contributed by atoms with Gasteiger partial charge >= 0.3 is 0 Å². The summed E-state index contributed by atoms with van der Waals surface area (Å²) in [6, 6.07) is 0.233. The molecule has 15 heavy (non-hydrogen) atoms. The molecule has 0 rings (SSSR count). The van der Waals surface area contributed by atoms with E-state index < -0.39 is 0 Å². The fourth-order valence-electron chi connectivity index (χ4n) is 1.32. The van der Waals surface area contributed by atoms with E-state index in [2.05, 4.69) is 11.2 Å². The topological polar surface area (TPSA) is 41.6 Å². The second-order valence-corrected chi connectivity index (χ2v) is 3.35. The van der Waals surface area contributed by atoms with Crippen LogP contribution in [0.4, 0.5) is 0 Å². The first-order valence-electron chi connectivity index (χ1n) is 5.08. The Hall–Kier alpha value is -1.05. The number of hydrogen-bond donors (Lipinski definition) is 1. The van der Waals surface area contributed by atoms with Crippen LogP contribution in [0.2, 0.25) is 0 Å². The van der Waals surface area contributed by atoms with Crippen LogP contribution >= 0.6 is 0 Å². The first kappa shape index (κ1) is 13.9. The van der Waals surface area contributed by atoms with Gasteiger partial charge in [0.15, 0.2) is 0 Å². The Bertz CT molecular complexity index is 223. The average molecular weight is 212 g/mol. The molecule has 1 atom stereocenters. The number of nitrogens with one attached hydrogen (secondary N) is 1. The van der Waals surface area contributed by atoms with Crippen molar-refractivity contribution in [1.29, 1.82) is 0 Å². The molecule has 1 amide bonds. The first-order chi connectivity index (χ1) is 7.15. The van der Waals surface area contributed by atoms with Crippen LogP contribution in [0.15, 0.2) is 0 Å². The SMILES string of the molecule is C#CCNC(=O)CN(CC)C(C)COC. The lowest BCUT2D eigenvalue weighted by molar-refractivity contribution is -0.122. The smallest absolute Gasteiger partial charge is 0.234 e. The fourth-order valence-corrected chi connectivity index (χ4v) is 1.32. The number of likely N-dealkylation sites (N-methyl/N-ethyl adjacent to an activating group) is 1. The van der Waals surface area contributed by atoms with E-state index in [4.69, 9.17) is 11.2 Å². The number of nitrogens with zero attached hydrogens (tertiary/aromatic N) is 1. The second-order valence-electron chi connectivity index (χ2n) is 3.35. The molecule has 0 saturated heterocycles. The zero-order valence-electron chi connectivity index (χ0n) is 9.75. The van der Waals surface area contributed by atoms with Gasteiger partial charge < -0.3 is 10.1 Å². The van der Waals surface area contributed by atoms with Crippen LogP contribution in [0, 0.1) is 12.3 Å². The van der Waals surface area contributed by atoms with Crippen molar-refractivity contribution in [3.05, 3.63) is 0 Å². The maximum atomic E-state index is 11.4. The summed E-state index contributed by atoms with van der Waals surface area (Å²) >= 11 is 0. The van der Waals surface area contributed by atoms with Crippen LogP contribution in [0.1, 0.15) is 13.8 Å². The van der Waals surface area contributed by atoms with Crippen molar-refractivity contribution in [2.45, 2.75) is 19.9 Å². The number of hydrogen-bond acceptors (Lipinski definition) is 3. The third-order valence-electron chi connectivity index (χ3n) is 2.17. The number of terminal acetylenes is 1. The summed E-state index contributed by atoms with van der Waals surface area (Å²) in [5.41, 5.74) is 0. The van der Waals surface area contributed by atoms with Crippen molar-refractivity contribution in [1.82, 2.24) is 10.2 Å². The summed E-state index contributed by atoms with van der Waals surface area (Å²) < 4.78 is 5.04. The normalized spacial score (nSPS) is 12.2. The molecule has 4 heteroatoms. The summed E-state index contributed by atoms with van der Waals surface area (Å²) in [5.74, 6) is 2.33. The van der Waals surface area contributed by atoms with Gasteiger partial charge in [0, 0.05) is 13.2 Å². The van der Waals surface area contributed by atoms with E-state index in [1.807, 2.05) is 18.7 Å². The average Bonchev–Trinajstić information content (AvgIpc) is 2.23. The van der Waals surface area contributed by atoms with Crippen molar-refractivity contribution < 1.29 is 9.53 Å². The fraction of sp³-hybridized carbons (Fsp3) is 0.727. The Morgan fingerprint density at radius 3 is 2.80 bits per heavy atom. The number of carbonyl (C=O) groups is 1. The van der Waals surface area contributed by atoms with E-state index in [1.54, 1.807) is 7.11 Å². The molecule has 4 nitrogen and oxygen atoms in total. The molecule has 0 bridgehead atoms. The van der Waals surface area contributed by atoms with Gasteiger partial charge in [-0.25, -0.2) is 0 Å². The molecule has 86 valence electrons. The van der Waals surface area contributed by atoms with Crippen LogP contribution in [0.3, 0.4) is 0 Å². The molecular formula is C11H20N2O2. The van der Waals surface area contributed by atoms with E-state index in [-0.39, 0.29) is 18.5 Å². The lowest BCUT2D eigenvalue weighted by Crippen LogP contribution is -2.43. The van der Waals surface area contributed by atoms with E-state index in [1.165, 1.54) is 0 Å². The van der Waals surface area contributed by atoms with E-state index in [0.29, 0.717) is 13.2 Å². The monoisotopic (exact) mass is 212 g/mol. The maximum absolute atomic E-state index is 11.4. The number of methoxy groups -OCH3 is 1. The number of amides is 1. The zero-order valence-corrected chi connectivity index (χ0v) is 9.75. The molecule has 0 radical (unpaired) electrons. The summed E-state index contributed by atoms with van der Waals surface area (Å²) in [7, 11) is 1.66. The minimum Gasteiger partial charge on any atom is -0.383 e. The van der Waals surface area contributed by atoms with Gasteiger partial charge in [0.1, 0.15) is 0 Å². The van der Waals surface area contributed by atoms with Crippen molar-refractivity contribution in [3.63, 3.8) is 0 Å². The van der Waals surface area contributed by atoms with Gasteiger partial charge in [-0.3, -0.25) is 9.69 Å². The lowest BCUT2D eigenvalue weighted by atomic mass is 10.3. The molecule has 0 heterocycles. The van der Waals surface area contributed by atoms with Gasteiger partial charge in [0.2, 0.25) is 5.91 Å². The predicted molar refractivity (Wildman–Crippen MR) is 60.4 cm³/mol. The maximum Gasteiger partial charge on any atom is 0.234 e. The largest absolute Gasteiger partial charge is 0.383 e. The Morgan fingerprint density at radius 1 is 1.67 bits per heavy atom. The molecule has 1 N–H and O–H groups in total. The molecular weight excluding hydrogens is 192 g/mol. The first-order valence-corrected chi connectivity index (χ1v) is 5.08. The molecule has 0 saturated carbocycles. The molecule has 0 aromatic rings. The van der Waals surface area contributed by atoms with Crippen LogP contribution in [0.5, 0.6) is 0 Å². The highest BCUT2D eigenvalue weighted by atomic mass is 16.5. The summed E-state index contributed by atoms with van der Waals surface area (Å²) in [4.78, 5) is 13.4. The van der Waals surface area contributed by atoms with Crippen LogP contribution in [-0.4, -0.2) is 50.2 Å². The van der Waals surface area contributed by atoms with Gasteiger partial charge in [-0.05, 0) is 13.5 Å². The predicted octanol–water partition coefficient (Wildman–Crippen LogP) is 0.0926. The molecule has 1 unspecified atom stereocenters. The van der Waals surface area contributed by atoms with Crippen molar-refractivity contribution >= 4 is 5.91 Å². The Labute approximate surface area is 92.0 Å². The number of ether oxygens (including phenoxy) is 1. The molecule has 0 aliphatic heterocycles. The summed E-state index contributed by atoms with van der Waals surface area (Å²) in [6.45, 7) is 6.13. The van der Waals surface area contributed by atoms with Crippen LogP contribution < -0.4 is 5.32 Å². The highest BCUT2D eigenvalue weighted by Crippen LogP contribution is 1.98. The van der Waals surface area contributed by atoms with Crippen LogP contribution in [0.25, 0.3) is 0 Å². The van der Waals surface area contributed by atoms with Gasteiger partial charge in [-0.15, -0.1) is 6.42 Å². The Morgan fingerprint density at radius 2 is 2.33 bits per heavy atom. The van der Waals surface area contributed by atoms with Gasteiger partial charge in [-0.2, -0.15) is 0 Å². The van der Waals surface area contributed by atoms with Crippen molar-refractivity contribution in [2.75, 3.05) is 33.4 Å². The van der Waals surface area contributed by atoms with E-state index >= 15 is 0 Å². The quantitative estimate of drug-likeness (QED) is 0.608. The highest BCUT2D eigenvalue weighted by Gasteiger charge is 2.14. The molecule has 0 aromatic heterocycles. The van der Waals surface area contributed by atoms with Crippen molar-refractivity contribution in [3.8, 4) is 12.3 Å². The lowest BCUT2D eigenvalue weighted by Gasteiger charge is -2.26. The number of rotatable bonds is 7. The molecule has 0 aliphatic rings. The Kier molecular flexibility index (Phi) is 7.69. The standard InChI is InChI=1S/C11H20N2O2/c1-5-7-12-11(14)8-13(6-2)10(3)9-15-4/h1,10H,6-9H2,2-4H3,(H,12,14). The highest BCUT2D eigenvalue weighted by molar-refractivity contribution is 5.78. The third-order valence-corrected chi connectivity index (χ3v) is 2.17. The molecule has 0 aromatic carbocycles. The summed E-state index contributed by atoms with van der Waals surface area (Å²) in [6.07, 6.45) is 5.05. The molecule has 0 aliphatic carbocycles.